The molecule has 1 aliphatic carbocycles. The number of aromatic nitrogens is 4. The van der Waals surface area contributed by atoms with Gasteiger partial charge >= 0.3 is 0 Å². The highest BCUT2D eigenvalue weighted by Gasteiger charge is 2.28. The third kappa shape index (κ3) is 3.90. The first-order valence-electron chi connectivity index (χ1n) is 10.8. The predicted molar refractivity (Wildman–Crippen MR) is 120 cm³/mol. The molecule has 0 saturated carbocycles. The summed E-state index contributed by atoms with van der Waals surface area (Å²) in [5.41, 5.74) is 1.54. The molecule has 0 aliphatic heterocycles. The lowest BCUT2D eigenvalue weighted by atomic mass is 10.1. The van der Waals surface area contributed by atoms with Gasteiger partial charge in [0.15, 0.2) is 0 Å². The van der Waals surface area contributed by atoms with Crippen LogP contribution < -0.4 is 10.9 Å². The molecule has 168 valence electrons. The quantitative estimate of drug-likeness (QED) is 0.549. The van der Waals surface area contributed by atoms with E-state index in [1.165, 1.54) is 10.8 Å². The molecule has 32 heavy (non-hydrogen) atoms. The van der Waals surface area contributed by atoms with E-state index in [1.807, 2.05) is 6.92 Å². The van der Waals surface area contributed by atoms with Crippen molar-refractivity contribution < 1.29 is 13.9 Å². The maximum absolute atomic E-state index is 15.0. The van der Waals surface area contributed by atoms with Crippen LogP contribution in [0.15, 0.2) is 40.9 Å². The molecule has 9 heteroatoms. The van der Waals surface area contributed by atoms with Crippen molar-refractivity contribution in [3.8, 4) is 0 Å². The van der Waals surface area contributed by atoms with Gasteiger partial charge in [0.1, 0.15) is 34.7 Å². The maximum atomic E-state index is 15.0. The highest BCUT2D eigenvalue weighted by Crippen LogP contribution is 2.31. The minimum Gasteiger partial charge on any atom is -0.494 e. The third-order valence-corrected chi connectivity index (χ3v) is 5.40. The number of rotatable bonds is 7. The molecule has 0 spiro atoms. The van der Waals surface area contributed by atoms with Crippen molar-refractivity contribution in [2.75, 3.05) is 13.2 Å². The average Bonchev–Trinajstić information content (AvgIpc) is 3.13. The van der Waals surface area contributed by atoms with Gasteiger partial charge in [-0.25, -0.2) is 9.37 Å². The number of halogens is 1. The molecule has 0 radical (unpaired) electrons. The van der Waals surface area contributed by atoms with E-state index in [2.05, 4.69) is 27.3 Å². The number of carbonyl (C=O) groups is 1. The first-order valence-corrected chi connectivity index (χ1v) is 10.8. The van der Waals surface area contributed by atoms with Gasteiger partial charge in [0, 0.05) is 6.54 Å². The number of ether oxygens (including phenoxy) is 1. The Bertz CT molecular complexity index is 1290. The number of alkyl halides is 1. The summed E-state index contributed by atoms with van der Waals surface area (Å²) in [5.74, 6) is 0.232. The Morgan fingerprint density at radius 2 is 2.16 bits per heavy atom. The number of hydrogen-bond donors (Lipinski definition) is 2. The van der Waals surface area contributed by atoms with Gasteiger partial charge in [-0.05, 0) is 50.6 Å². The molecule has 1 amide bonds. The van der Waals surface area contributed by atoms with Gasteiger partial charge in [-0.1, -0.05) is 13.3 Å². The number of aryl methyl sites for hydroxylation is 1. The normalized spacial score (nSPS) is 18.2. The molecule has 2 unspecified atom stereocenters. The molecular weight excluding hydrogens is 413 g/mol. The van der Waals surface area contributed by atoms with Gasteiger partial charge in [-0.2, -0.15) is 5.10 Å². The molecule has 0 bridgehead atoms. The Balaban J connectivity index is 1.90. The van der Waals surface area contributed by atoms with Crippen LogP contribution in [0.2, 0.25) is 0 Å². The maximum Gasteiger partial charge on any atom is 0.269 e. The summed E-state index contributed by atoms with van der Waals surface area (Å²) in [5, 5.41) is 7.53. The van der Waals surface area contributed by atoms with Crippen molar-refractivity contribution in [1.82, 2.24) is 25.1 Å². The Kier molecular flexibility index (Phi) is 6.07. The van der Waals surface area contributed by atoms with E-state index in [0.29, 0.717) is 46.5 Å². The van der Waals surface area contributed by atoms with Crippen LogP contribution in [0.5, 0.6) is 0 Å². The minimum absolute atomic E-state index is 0.206. The number of fused-ring (bicyclic) bond motifs is 3. The second-order valence-electron chi connectivity index (χ2n) is 7.73. The number of unbranched alkanes of at least 4 members (excludes halogenated alkanes) is 1. The molecule has 1 aliphatic rings. The van der Waals surface area contributed by atoms with Crippen LogP contribution in [-0.4, -0.2) is 45.0 Å². The van der Waals surface area contributed by atoms with E-state index in [0.717, 1.165) is 12.8 Å². The monoisotopic (exact) mass is 439 g/mol. The van der Waals surface area contributed by atoms with Gasteiger partial charge < -0.3 is 15.0 Å². The van der Waals surface area contributed by atoms with Gasteiger partial charge in [0.25, 0.3) is 11.5 Å². The topological polar surface area (TPSA) is 102 Å². The van der Waals surface area contributed by atoms with Gasteiger partial charge in [-0.15, -0.1) is 0 Å². The number of hydrogen-bond acceptors (Lipinski definition) is 5. The summed E-state index contributed by atoms with van der Waals surface area (Å²) in [4.78, 5) is 32.4. The summed E-state index contributed by atoms with van der Waals surface area (Å²) in [6, 6.07) is 2.36. The first-order chi connectivity index (χ1) is 15.4. The van der Waals surface area contributed by atoms with Gasteiger partial charge in [-0.3, -0.25) is 14.3 Å². The van der Waals surface area contributed by atoms with Crippen molar-refractivity contribution in [2.45, 2.75) is 45.8 Å². The van der Waals surface area contributed by atoms with E-state index in [-0.39, 0.29) is 17.2 Å². The van der Waals surface area contributed by atoms with E-state index >= 15 is 4.39 Å². The van der Waals surface area contributed by atoms with E-state index in [1.54, 1.807) is 31.2 Å². The SMILES string of the molecule is CCCCOC1=CC(n2nc(C)c3c(=O)[nH]c4ccc(C(=O)NCC)nc4c32)C(F)C=C1. The molecule has 0 aromatic carbocycles. The Hall–Kier alpha value is -3.49. The molecular formula is C23H26FN5O3. The van der Waals surface area contributed by atoms with Crippen LogP contribution in [0, 0.1) is 6.92 Å². The van der Waals surface area contributed by atoms with Crippen LogP contribution in [0.25, 0.3) is 21.9 Å². The van der Waals surface area contributed by atoms with E-state index in [4.69, 9.17) is 4.74 Å². The summed E-state index contributed by atoms with van der Waals surface area (Å²) in [7, 11) is 0. The lowest BCUT2D eigenvalue weighted by molar-refractivity contribution is 0.0951. The van der Waals surface area contributed by atoms with Crippen LogP contribution in [0.3, 0.4) is 0 Å². The molecule has 2 atom stereocenters. The summed E-state index contributed by atoms with van der Waals surface area (Å²) in [6.45, 7) is 6.58. The second kappa shape index (κ2) is 8.94. The number of H-pyrrole nitrogens is 1. The number of pyridine rings is 2. The Morgan fingerprint density at radius 3 is 2.91 bits per heavy atom. The number of nitrogens with one attached hydrogen (secondary N) is 2. The molecule has 0 fully saturated rings. The fourth-order valence-electron chi connectivity index (χ4n) is 3.82. The molecule has 3 aromatic rings. The van der Waals surface area contributed by atoms with Gasteiger partial charge in [0.05, 0.1) is 23.2 Å². The second-order valence-corrected chi connectivity index (χ2v) is 7.73. The Morgan fingerprint density at radius 1 is 1.34 bits per heavy atom. The fourth-order valence-corrected chi connectivity index (χ4v) is 3.82. The molecule has 2 N–H and O–H groups in total. The summed E-state index contributed by atoms with van der Waals surface area (Å²) >= 11 is 0. The molecule has 0 saturated heterocycles. The molecule has 4 rings (SSSR count). The lowest BCUT2D eigenvalue weighted by Crippen LogP contribution is -2.24. The van der Waals surface area contributed by atoms with Gasteiger partial charge in [0.2, 0.25) is 0 Å². The largest absolute Gasteiger partial charge is 0.494 e. The van der Waals surface area contributed by atoms with Crippen molar-refractivity contribution in [2.24, 2.45) is 0 Å². The highest BCUT2D eigenvalue weighted by atomic mass is 19.1. The zero-order valence-corrected chi connectivity index (χ0v) is 18.3. The zero-order chi connectivity index (χ0) is 22.8. The highest BCUT2D eigenvalue weighted by molar-refractivity contribution is 6.04. The standard InChI is InChI=1S/C23H26FN5O3/c1-4-6-11-32-14-7-8-15(24)18(12-14)29-21-19(13(3)28-29)23(31)27-16-9-10-17(26-20(16)21)22(30)25-5-2/h7-10,12,15,18H,4-6,11H2,1-3H3,(H,25,30)(H,27,31). The third-order valence-electron chi connectivity index (χ3n) is 5.40. The predicted octanol–water partition coefficient (Wildman–Crippen LogP) is 3.48. The number of amides is 1. The Labute approximate surface area is 184 Å². The van der Waals surface area contributed by atoms with Crippen molar-refractivity contribution >= 4 is 27.8 Å². The number of allylic oxidation sites excluding steroid dienone is 3. The summed E-state index contributed by atoms with van der Waals surface area (Å²) in [6.07, 6.45) is 5.24. The van der Waals surface area contributed by atoms with Crippen molar-refractivity contribution in [3.05, 3.63) is 57.9 Å². The first kappa shape index (κ1) is 21.7. The van der Waals surface area contributed by atoms with Crippen LogP contribution in [0.4, 0.5) is 4.39 Å². The average molecular weight is 439 g/mol. The van der Waals surface area contributed by atoms with Crippen molar-refractivity contribution in [1.29, 1.82) is 0 Å². The number of carbonyl (C=O) groups excluding carboxylic acids is 1. The van der Waals surface area contributed by atoms with Crippen LogP contribution in [-0.2, 0) is 4.74 Å². The zero-order valence-electron chi connectivity index (χ0n) is 18.3. The van der Waals surface area contributed by atoms with E-state index in [9.17, 15) is 9.59 Å². The smallest absolute Gasteiger partial charge is 0.269 e. The van der Waals surface area contributed by atoms with Crippen LogP contribution >= 0.6 is 0 Å². The van der Waals surface area contributed by atoms with E-state index < -0.39 is 12.2 Å². The van der Waals surface area contributed by atoms with Crippen LogP contribution in [0.1, 0.15) is 48.9 Å². The number of aromatic amines is 1. The molecule has 3 aromatic heterocycles. The number of nitrogens with zero attached hydrogens (tertiary/aromatic N) is 3. The lowest BCUT2D eigenvalue weighted by Gasteiger charge is -2.22. The summed E-state index contributed by atoms with van der Waals surface area (Å²) < 4.78 is 22.3. The molecule has 3 heterocycles. The fraction of sp³-hybridized carbons (Fsp3) is 0.391. The minimum atomic E-state index is -1.36. The molecule has 8 nitrogen and oxygen atoms in total. The van der Waals surface area contributed by atoms with Crippen molar-refractivity contribution in [3.63, 3.8) is 0 Å².